The average Bonchev–Trinajstić information content (AvgIpc) is 3.02. The second kappa shape index (κ2) is 14.8. The molecule has 2 aliphatic heterocycles. The summed E-state index contributed by atoms with van der Waals surface area (Å²) in [4.78, 5) is 26.9. The molecule has 0 spiro atoms. The molecule has 7 nitrogen and oxygen atoms in total. The van der Waals surface area contributed by atoms with Gasteiger partial charge >= 0.3 is 6.09 Å². The summed E-state index contributed by atoms with van der Waals surface area (Å²) in [5.74, 6) is 0.0616. The first-order chi connectivity index (χ1) is 19.9. The molecule has 2 aliphatic rings. The molecule has 2 fully saturated rings. The van der Waals surface area contributed by atoms with Gasteiger partial charge in [-0.1, -0.05) is 43.3 Å². The van der Waals surface area contributed by atoms with E-state index in [0.29, 0.717) is 55.9 Å². The van der Waals surface area contributed by atoms with Crippen LogP contribution in [-0.4, -0.2) is 61.8 Å². The second-order valence-electron chi connectivity index (χ2n) is 11.6. The zero-order valence-corrected chi connectivity index (χ0v) is 24.6. The van der Waals surface area contributed by atoms with E-state index in [4.69, 9.17) is 4.74 Å². The number of rotatable bonds is 11. The normalized spacial score (nSPS) is 19.4. The Labute approximate surface area is 243 Å². The molecule has 0 radical (unpaired) electrons. The number of nitrogens with one attached hydrogen (secondary N) is 2. The number of nitrogens with zero attached hydrogens (tertiary/aromatic N) is 1. The fraction of sp³-hybridized carbons (Fsp3) is 0.576. The first-order valence-corrected chi connectivity index (χ1v) is 15.3. The van der Waals surface area contributed by atoms with Crippen molar-refractivity contribution in [2.75, 3.05) is 39.8 Å². The van der Waals surface area contributed by atoms with Crippen LogP contribution in [0.4, 0.5) is 9.18 Å². The van der Waals surface area contributed by atoms with Crippen molar-refractivity contribution in [3.05, 3.63) is 59.4 Å². The Kier molecular flexibility index (Phi) is 11.2. The van der Waals surface area contributed by atoms with Crippen molar-refractivity contribution in [2.24, 2.45) is 11.8 Å². The number of likely N-dealkylation sites (tertiary alicyclic amines) is 1. The lowest BCUT2D eigenvalue weighted by Crippen LogP contribution is -2.48. The lowest BCUT2D eigenvalue weighted by atomic mass is 9.72. The number of piperidine rings is 2. The lowest BCUT2D eigenvalue weighted by molar-refractivity contribution is -0.137. The molecule has 224 valence electrons. The van der Waals surface area contributed by atoms with E-state index in [1.165, 1.54) is 13.2 Å². The molecule has 2 aromatic carbocycles. The van der Waals surface area contributed by atoms with Crippen molar-refractivity contribution in [1.82, 2.24) is 15.5 Å². The van der Waals surface area contributed by atoms with Crippen molar-refractivity contribution in [3.8, 4) is 11.1 Å². The molecule has 0 aliphatic carbocycles. The predicted octanol–water partition coefficient (Wildman–Crippen LogP) is 5.40. The van der Waals surface area contributed by atoms with E-state index >= 15 is 4.39 Å². The fourth-order valence-corrected chi connectivity index (χ4v) is 6.55. The third kappa shape index (κ3) is 7.86. The van der Waals surface area contributed by atoms with Crippen molar-refractivity contribution in [2.45, 2.75) is 70.3 Å². The highest BCUT2D eigenvalue weighted by Crippen LogP contribution is 2.44. The monoisotopic (exact) mass is 567 g/mol. The number of hydrogen-bond acceptors (Lipinski definition) is 5. The van der Waals surface area contributed by atoms with Crippen LogP contribution in [0.2, 0.25) is 0 Å². The highest BCUT2D eigenvalue weighted by molar-refractivity contribution is 5.76. The molecule has 41 heavy (non-hydrogen) atoms. The van der Waals surface area contributed by atoms with Crippen LogP contribution in [0.1, 0.15) is 69.4 Å². The van der Waals surface area contributed by atoms with Crippen molar-refractivity contribution in [1.29, 1.82) is 0 Å². The van der Waals surface area contributed by atoms with Crippen molar-refractivity contribution in [3.63, 3.8) is 0 Å². The summed E-state index contributed by atoms with van der Waals surface area (Å²) in [7, 11) is 1.31. The summed E-state index contributed by atoms with van der Waals surface area (Å²) < 4.78 is 20.3. The topological polar surface area (TPSA) is 90.9 Å². The van der Waals surface area contributed by atoms with Crippen LogP contribution in [0.25, 0.3) is 11.1 Å². The molecule has 2 heterocycles. The molecule has 2 aromatic rings. The van der Waals surface area contributed by atoms with Gasteiger partial charge in [-0.2, -0.15) is 0 Å². The number of methoxy groups -OCH3 is 1. The molecule has 0 aromatic heterocycles. The first-order valence-electron chi connectivity index (χ1n) is 15.3. The van der Waals surface area contributed by atoms with Crippen LogP contribution in [0.5, 0.6) is 0 Å². The molecule has 2 atom stereocenters. The molecule has 0 bridgehead atoms. The maximum atomic E-state index is 15.6. The minimum Gasteiger partial charge on any atom is -0.453 e. The number of ether oxygens (including phenoxy) is 1. The van der Waals surface area contributed by atoms with E-state index in [1.807, 2.05) is 35.2 Å². The zero-order chi connectivity index (χ0) is 29.2. The van der Waals surface area contributed by atoms with Crippen LogP contribution in [0.15, 0.2) is 42.5 Å². The Morgan fingerprint density at radius 3 is 2.71 bits per heavy atom. The number of benzene rings is 2. The number of carbonyl (C=O) groups is 2. The van der Waals surface area contributed by atoms with Gasteiger partial charge in [-0.3, -0.25) is 4.79 Å². The Morgan fingerprint density at radius 1 is 1.17 bits per heavy atom. The van der Waals surface area contributed by atoms with Crippen LogP contribution in [-0.2, 0) is 21.6 Å². The van der Waals surface area contributed by atoms with Gasteiger partial charge < -0.3 is 25.4 Å². The Bertz CT molecular complexity index is 1170. The molecule has 0 saturated carbocycles. The standard InChI is InChI=1S/C33H46FN3O4/c1-3-24-8-4-9-26(22-24)31-28(11-5-12-29(31)34)33(40,17-7-18-36-32(39)41-2)27-10-6-21-37(23-27)30(38)14-13-25-15-19-35-20-16-25/h4-5,8-9,11-12,22,25,27,35,40H,3,6-7,10,13-21,23H2,1-2H3,(H,36,39)/t27-,33+/m1/s1. The molecule has 0 unspecified atom stereocenters. The van der Waals surface area contributed by atoms with Gasteiger partial charge in [-0.25, -0.2) is 9.18 Å². The van der Waals surface area contributed by atoms with Gasteiger partial charge in [-0.15, -0.1) is 0 Å². The predicted molar refractivity (Wildman–Crippen MR) is 159 cm³/mol. The molecule has 2 saturated heterocycles. The summed E-state index contributed by atoms with van der Waals surface area (Å²) in [5.41, 5.74) is 1.37. The van der Waals surface area contributed by atoms with Gasteiger partial charge in [0, 0.05) is 37.5 Å². The number of hydrogen-bond donors (Lipinski definition) is 3. The molecule has 8 heteroatoms. The van der Waals surface area contributed by atoms with E-state index in [1.54, 1.807) is 6.07 Å². The van der Waals surface area contributed by atoms with Crippen molar-refractivity contribution >= 4 is 12.0 Å². The van der Waals surface area contributed by atoms with E-state index in [0.717, 1.165) is 62.7 Å². The van der Waals surface area contributed by atoms with Gasteiger partial charge in [0.15, 0.2) is 0 Å². The quantitative estimate of drug-likeness (QED) is 0.317. The van der Waals surface area contributed by atoms with E-state index < -0.39 is 11.7 Å². The van der Waals surface area contributed by atoms with Gasteiger partial charge in [0.2, 0.25) is 5.91 Å². The van der Waals surface area contributed by atoms with Gasteiger partial charge in [-0.05, 0) is 93.1 Å². The molecule has 2 amide bonds. The van der Waals surface area contributed by atoms with Crippen molar-refractivity contribution < 1.29 is 23.8 Å². The van der Waals surface area contributed by atoms with Gasteiger partial charge in [0.1, 0.15) is 5.82 Å². The molecule has 3 N–H and O–H groups in total. The highest BCUT2D eigenvalue weighted by Gasteiger charge is 2.43. The van der Waals surface area contributed by atoms with Gasteiger partial charge in [0.25, 0.3) is 0 Å². The maximum absolute atomic E-state index is 15.6. The second-order valence-corrected chi connectivity index (χ2v) is 11.6. The number of carbonyl (C=O) groups excluding carboxylic acids is 2. The third-order valence-corrected chi connectivity index (χ3v) is 8.97. The molecular weight excluding hydrogens is 521 g/mol. The fourth-order valence-electron chi connectivity index (χ4n) is 6.55. The molecular formula is C33H46FN3O4. The minimum absolute atomic E-state index is 0.137. The van der Waals surface area contributed by atoms with E-state index in [2.05, 4.69) is 17.6 Å². The SMILES string of the molecule is CCc1cccc(-c2c(F)cccc2[C@](O)(CCCNC(=O)OC)[C@@H]2CCCN(C(=O)CCC3CCNCC3)C2)c1. The molecule has 4 rings (SSSR count). The summed E-state index contributed by atoms with van der Waals surface area (Å²) in [6, 6.07) is 12.7. The number of alkyl carbamates (subject to hydrolysis) is 1. The minimum atomic E-state index is -1.40. The largest absolute Gasteiger partial charge is 0.453 e. The number of aliphatic hydroxyl groups is 1. The van der Waals surface area contributed by atoms with Crippen LogP contribution >= 0.6 is 0 Å². The summed E-state index contributed by atoms with van der Waals surface area (Å²) in [6.45, 7) is 5.51. The Hall–Kier alpha value is -2.97. The maximum Gasteiger partial charge on any atom is 0.406 e. The summed E-state index contributed by atoms with van der Waals surface area (Å²) in [6.07, 6.45) is 6.21. The number of aryl methyl sites for hydroxylation is 1. The van der Waals surface area contributed by atoms with Crippen LogP contribution < -0.4 is 10.6 Å². The number of halogens is 1. The average molecular weight is 568 g/mol. The Balaban J connectivity index is 1.61. The Morgan fingerprint density at radius 2 is 1.95 bits per heavy atom. The smallest absolute Gasteiger partial charge is 0.406 e. The summed E-state index contributed by atoms with van der Waals surface area (Å²) in [5, 5.41) is 18.7. The zero-order valence-electron chi connectivity index (χ0n) is 24.6. The lowest BCUT2D eigenvalue weighted by Gasteiger charge is -2.44. The van der Waals surface area contributed by atoms with Gasteiger partial charge in [0.05, 0.1) is 12.7 Å². The van der Waals surface area contributed by atoms with Crippen LogP contribution in [0, 0.1) is 17.7 Å². The number of amides is 2. The van der Waals surface area contributed by atoms with E-state index in [9.17, 15) is 14.7 Å². The van der Waals surface area contributed by atoms with Crippen LogP contribution in [0.3, 0.4) is 0 Å². The third-order valence-electron chi connectivity index (χ3n) is 8.97. The highest BCUT2D eigenvalue weighted by atomic mass is 19.1. The first kappa shape index (κ1) is 31.0. The summed E-state index contributed by atoms with van der Waals surface area (Å²) >= 11 is 0. The van der Waals surface area contributed by atoms with E-state index in [-0.39, 0.29) is 17.6 Å².